The summed E-state index contributed by atoms with van der Waals surface area (Å²) in [5.41, 5.74) is 0.117. The predicted molar refractivity (Wildman–Crippen MR) is 99.2 cm³/mol. The van der Waals surface area contributed by atoms with E-state index in [0.717, 1.165) is 5.56 Å². The predicted octanol–water partition coefficient (Wildman–Crippen LogP) is 4.32. The molecular formula is C18H28FNO4S. The largest absolute Gasteiger partial charge is 0.468 e. The molecule has 1 rings (SSSR count). The van der Waals surface area contributed by atoms with E-state index in [2.05, 4.69) is 10.1 Å². The number of hydrogen-bond acceptors (Lipinski definition) is 5. The van der Waals surface area contributed by atoms with Crippen LogP contribution in [0.2, 0.25) is 0 Å². The number of carbonyl (C=O) groups is 2. The lowest BCUT2D eigenvalue weighted by molar-refractivity contribution is -0.137. The van der Waals surface area contributed by atoms with Crippen LogP contribution in [0.5, 0.6) is 0 Å². The van der Waals surface area contributed by atoms with Crippen LogP contribution in [0.4, 0.5) is 9.18 Å². The average molecular weight is 373 g/mol. The van der Waals surface area contributed by atoms with Crippen LogP contribution in [0.25, 0.3) is 0 Å². The van der Waals surface area contributed by atoms with Crippen molar-refractivity contribution in [2.75, 3.05) is 18.6 Å². The second-order valence-corrected chi connectivity index (χ2v) is 6.87. The average Bonchev–Trinajstić information content (AvgIpc) is 2.54. The monoisotopic (exact) mass is 373 g/mol. The van der Waals surface area contributed by atoms with Crippen LogP contribution in [-0.4, -0.2) is 36.3 Å². The lowest BCUT2D eigenvalue weighted by atomic mass is 10.1. The van der Waals surface area contributed by atoms with E-state index in [4.69, 9.17) is 4.74 Å². The first-order chi connectivity index (χ1) is 11.7. The van der Waals surface area contributed by atoms with Gasteiger partial charge in [-0.1, -0.05) is 26.0 Å². The minimum Gasteiger partial charge on any atom is -0.468 e. The molecule has 1 atom stereocenters. The van der Waals surface area contributed by atoms with Crippen LogP contribution in [0.3, 0.4) is 0 Å². The van der Waals surface area contributed by atoms with Gasteiger partial charge in [0.2, 0.25) is 0 Å². The fourth-order valence-corrected chi connectivity index (χ4v) is 2.60. The number of ether oxygens (including phenoxy) is 2. The normalized spacial score (nSPS) is 11.6. The molecule has 142 valence electrons. The fourth-order valence-electron chi connectivity index (χ4n) is 1.69. The lowest BCUT2D eigenvalue weighted by Crippen LogP contribution is -2.36. The summed E-state index contributed by atoms with van der Waals surface area (Å²) in [7, 11) is 1.32. The molecule has 7 heteroatoms. The quantitative estimate of drug-likeness (QED) is 0.752. The zero-order valence-corrected chi connectivity index (χ0v) is 16.5. The summed E-state index contributed by atoms with van der Waals surface area (Å²) in [4.78, 5) is 23.1. The second kappa shape index (κ2) is 11.7. The molecule has 0 saturated heterocycles. The van der Waals surface area contributed by atoms with E-state index in [-0.39, 0.29) is 17.5 Å². The van der Waals surface area contributed by atoms with Crippen molar-refractivity contribution in [1.29, 1.82) is 0 Å². The molecule has 1 N–H and O–H groups in total. The van der Waals surface area contributed by atoms with E-state index in [1.54, 1.807) is 32.9 Å². The Kier molecular flexibility index (Phi) is 10.9. The molecule has 0 bridgehead atoms. The van der Waals surface area contributed by atoms with Crippen LogP contribution in [-0.2, 0) is 14.3 Å². The number of thioether (sulfide) groups is 1. The zero-order chi connectivity index (χ0) is 19.5. The van der Waals surface area contributed by atoms with Crippen LogP contribution in [0.15, 0.2) is 24.3 Å². The molecule has 5 nitrogen and oxygen atoms in total. The first kappa shape index (κ1) is 23.2. The highest BCUT2D eigenvalue weighted by atomic mass is 32.2. The Labute approximate surface area is 153 Å². The minimum atomic E-state index is -0.614. The van der Waals surface area contributed by atoms with Gasteiger partial charge in [0.15, 0.2) is 0 Å². The van der Waals surface area contributed by atoms with Gasteiger partial charge in [0, 0.05) is 5.75 Å². The van der Waals surface area contributed by atoms with Gasteiger partial charge in [0.25, 0.3) is 0 Å². The van der Waals surface area contributed by atoms with E-state index in [1.807, 2.05) is 13.8 Å². The van der Waals surface area contributed by atoms with Crippen LogP contribution < -0.4 is 5.32 Å². The standard InChI is InChI=1S/C16H22FNO4S.C2H6/c1-16(2,3)22-15(20)18-13(9-23-10-14(19)21-4)11-5-7-12(17)8-6-11;1-2/h5-8,13H,9-10H2,1-4H3,(H,18,20);1-2H3. The number of esters is 1. The number of amides is 1. The van der Waals surface area contributed by atoms with E-state index in [1.165, 1.54) is 31.0 Å². The Hall–Kier alpha value is -1.76. The van der Waals surface area contributed by atoms with Crippen molar-refractivity contribution >= 4 is 23.8 Å². The number of methoxy groups -OCH3 is 1. The Morgan fingerprint density at radius 1 is 1.20 bits per heavy atom. The molecule has 1 aromatic carbocycles. The summed E-state index contributed by atoms with van der Waals surface area (Å²) in [6, 6.07) is 5.43. The molecule has 0 aliphatic carbocycles. The smallest absolute Gasteiger partial charge is 0.408 e. The summed E-state index contributed by atoms with van der Waals surface area (Å²) in [5, 5.41) is 2.74. The highest BCUT2D eigenvalue weighted by Crippen LogP contribution is 2.20. The number of carbonyl (C=O) groups excluding carboxylic acids is 2. The van der Waals surface area contributed by atoms with Crippen molar-refractivity contribution in [1.82, 2.24) is 5.32 Å². The number of nitrogens with one attached hydrogen (secondary N) is 1. The number of alkyl carbamates (subject to hydrolysis) is 1. The molecule has 0 aliphatic heterocycles. The highest BCUT2D eigenvalue weighted by Gasteiger charge is 2.21. The van der Waals surface area contributed by atoms with Crippen LogP contribution >= 0.6 is 11.8 Å². The second-order valence-electron chi connectivity index (χ2n) is 5.84. The van der Waals surface area contributed by atoms with E-state index in [9.17, 15) is 14.0 Å². The summed E-state index contributed by atoms with van der Waals surface area (Å²) < 4.78 is 22.9. The van der Waals surface area contributed by atoms with Gasteiger partial charge < -0.3 is 14.8 Å². The summed E-state index contributed by atoms with van der Waals surface area (Å²) in [6.45, 7) is 9.31. The van der Waals surface area contributed by atoms with Crippen molar-refractivity contribution in [2.45, 2.75) is 46.3 Å². The van der Waals surface area contributed by atoms with Crippen LogP contribution in [0.1, 0.15) is 46.2 Å². The molecule has 1 aromatic rings. The van der Waals surface area contributed by atoms with Gasteiger partial charge in [-0.05, 0) is 38.5 Å². The molecule has 0 saturated carbocycles. The molecule has 1 amide bonds. The fraction of sp³-hybridized carbons (Fsp3) is 0.556. The molecule has 25 heavy (non-hydrogen) atoms. The van der Waals surface area contributed by atoms with Gasteiger partial charge >= 0.3 is 12.1 Å². The van der Waals surface area contributed by atoms with E-state index < -0.39 is 17.7 Å². The van der Waals surface area contributed by atoms with Crippen LogP contribution in [0, 0.1) is 5.82 Å². The maximum Gasteiger partial charge on any atom is 0.408 e. The Balaban J connectivity index is 0.00000277. The number of hydrogen-bond donors (Lipinski definition) is 1. The van der Waals surface area contributed by atoms with Gasteiger partial charge in [-0.2, -0.15) is 0 Å². The third-order valence-corrected chi connectivity index (χ3v) is 3.70. The van der Waals surface area contributed by atoms with Crippen molar-refractivity contribution in [2.24, 2.45) is 0 Å². The third-order valence-electron chi connectivity index (χ3n) is 2.70. The lowest BCUT2D eigenvalue weighted by Gasteiger charge is -2.23. The van der Waals surface area contributed by atoms with E-state index >= 15 is 0 Å². The molecule has 0 fully saturated rings. The van der Waals surface area contributed by atoms with Gasteiger partial charge in [-0.3, -0.25) is 4.79 Å². The maximum atomic E-state index is 13.1. The molecular weight excluding hydrogens is 345 g/mol. The first-order valence-electron chi connectivity index (χ1n) is 8.11. The summed E-state index contributed by atoms with van der Waals surface area (Å²) >= 11 is 1.31. The molecule has 0 spiro atoms. The van der Waals surface area contributed by atoms with Gasteiger partial charge in [0.1, 0.15) is 11.4 Å². The Morgan fingerprint density at radius 3 is 2.24 bits per heavy atom. The van der Waals surface area contributed by atoms with Gasteiger partial charge in [0.05, 0.1) is 18.9 Å². The third kappa shape index (κ3) is 10.7. The topological polar surface area (TPSA) is 64.6 Å². The van der Waals surface area contributed by atoms with Crippen molar-refractivity contribution < 1.29 is 23.5 Å². The number of benzene rings is 1. The molecule has 0 radical (unpaired) electrons. The summed E-state index contributed by atoms with van der Waals surface area (Å²) in [6.07, 6.45) is -0.564. The molecule has 1 unspecified atom stereocenters. The zero-order valence-electron chi connectivity index (χ0n) is 15.7. The van der Waals surface area contributed by atoms with Crippen molar-refractivity contribution in [3.63, 3.8) is 0 Å². The molecule has 0 heterocycles. The molecule has 0 aliphatic rings. The SMILES string of the molecule is CC.COC(=O)CSCC(NC(=O)OC(C)(C)C)c1ccc(F)cc1. The Morgan fingerprint density at radius 2 is 1.76 bits per heavy atom. The number of halogens is 1. The Bertz CT molecular complexity index is 529. The minimum absolute atomic E-state index is 0.171. The maximum absolute atomic E-state index is 13.1. The highest BCUT2D eigenvalue weighted by molar-refractivity contribution is 7.99. The summed E-state index contributed by atoms with van der Waals surface area (Å²) in [5.74, 6) is -0.0958. The number of rotatable bonds is 6. The van der Waals surface area contributed by atoms with Gasteiger partial charge in [-0.25, -0.2) is 9.18 Å². The van der Waals surface area contributed by atoms with Gasteiger partial charge in [-0.15, -0.1) is 11.8 Å². The van der Waals surface area contributed by atoms with Crippen molar-refractivity contribution in [3.05, 3.63) is 35.6 Å². The van der Waals surface area contributed by atoms with Crippen molar-refractivity contribution in [3.8, 4) is 0 Å². The molecule has 0 aromatic heterocycles. The first-order valence-corrected chi connectivity index (χ1v) is 9.26. The van der Waals surface area contributed by atoms with E-state index in [0.29, 0.717) is 5.75 Å².